The van der Waals surface area contributed by atoms with Crippen LogP contribution < -0.4 is 15.4 Å². The molecule has 2 aliphatic rings. The van der Waals surface area contributed by atoms with Crippen molar-refractivity contribution < 1.29 is 14.1 Å². The van der Waals surface area contributed by atoms with E-state index in [1.807, 2.05) is 18.2 Å². The topological polar surface area (TPSA) is 102 Å². The summed E-state index contributed by atoms with van der Waals surface area (Å²) >= 11 is 8.07. The van der Waals surface area contributed by atoms with Gasteiger partial charge in [0.05, 0.1) is 28.1 Å². The molecule has 0 saturated carbocycles. The Morgan fingerprint density at radius 3 is 3.12 bits per heavy atom. The summed E-state index contributed by atoms with van der Waals surface area (Å²) in [5, 5.41) is 11.1. The van der Waals surface area contributed by atoms with Crippen molar-refractivity contribution in [1.82, 2.24) is 25.8 Å². The van der Waals surface area contributed by atoms with E-state index in [-0.39, 0.29) is 12.0 Å². The molecule has 2 aliphatic heterocycles. The van der Waals surface area contributed by atoms with Gasteiger partial charge in [0.2, 0.25) is 5.91 Å². The number of nitrogens with one attached hydrogen (secondary N) is 2. The van der Waals surface area contributed by atoms with Gasteiger partial charge in [-0.25, -0.2) is 9.97 Å². The molecule has 0 bridgehead atoms. The number of rotatable bonds is 4. The van der Waals surface area contributed by atoms with Crippen molar-refractivity contribution in [3.63, 3.8) is 0 Å². The van der Waals surface area contributed by atoms with Crippen molar-refractivity contribution in [2.24, 2.45) is 0 Å². The van der Waals surface area contributed by atoms with Gasteiger partial charge < -0.3 is 19.9 Å². The van der Waals surface area contributed by atoms with Crippen LogP contribution in [-0.4, -0.2) is 27.6 Å². The molecule has 10 heteroatoms. The maximum Gasteiger partial charge on any atom is 0.217 e. The molecule has 0 fully saturated rings. The monoisotopic (exact) mass is 481 g/mol. The van der Waals surface area contributed by atoms with Gasteiger partial charge in [-0.1, -0.05) is 16.8 Å². The predicted molar refractivity (Wildman–Crippen MR) is 124 cm³/mol. The number of benzene rings is 1. The highest BCUT2D eigenvalue weighted by Gasteiger charge is 2.34. The number of amides is 1. The van der Waals surface area contributed by atoms with Crippen LogP contribution in [-0.2, 0) is 30.7 Å². The highest BCUT2D eigenvalue weighted by molar-refractivity contribution is 7.19. The Bertz CT molecular complexity index is 1400. The molecule has 1 amide bonds. The van der Waals surface area contributed by atoms with Crippen LogP contribution in [0.3, 0.4) is 0 Å². The minimum absolute atomic E-state index is 0.0735. The summed E-state index contributed by atoms with van der Waals surface area (Å²) < 4.78 is 13.1. The number of carbonyl (C=O) groups excluding carboxylic acids is 1. The Morgan fingerprint density at radius 1 is 1.33 bits per heavy atom. The number of hydrogen-bond donors (Lipinski definition) is 2. The van der Waals surface area contributed by atoms with Gasteiger partial charge in [-0.3, -0.25) is 4.79 Å². The van der Waals surface area contributed by atoms with Crippen LogP contribution in [0.4, 0.5) is 0 Å². The molecule has 3 aromatic heterocycles. The minimum Gasteiger partial charge on any atom is -0.481 e. The Hall–Kier alpha value is -3.01. The van der Waals surface area contributed by atoms with E-state index in [1.165, 1.54) is 6.92 Å². The lowest BCUT2D eigenvalue weighted by Gasteiger charge is -2.14. The SMILES string of the molecule is CC(=O)NCc1cc2ncnc(-c3cc(Cl)cc4c3O[C@@H](c3onc5c3CNCC5)C4)c2s1. The molecule has 6 rings (SSSR count). The summed E-state index contributed by atoms with van der Waals surface area (Å²) in [6.07, 6.45) is 2.79. The summed E-state index contributed by atoms with van der Waals surface area (Å²) in [5.74, 6) is 1.46. The summed E-state index contributed by atoms with van der Waals surface area (Å²) in [4.78, 5) is 21.3. The standard InChI is InChI=1S/C23H20ClN5O3S/c1-11(30)26-8-14-7-18-23(33-14)20(28-10-27-18)15-6-13(24)4-12-5-19(31-21(12)15)22-16-9-25-3-2-17(16)29-32-22/h4,6-7,10,19,25H,2-3,5,8-9H2,1H3,(H,26,30)/t19-/m1/s1. The normalized spacial score (nSPS) is 17.0. The van der Waals surface area contributed by atoms with E-state index < -0.39 is 0 Å². The Morgan fingerprint density at radius 2 is 2.24 bits per heavy atom. The second-order valence-electron chi connectivity index (χ2n) is 8.21. The average Bonchev–Trinajstić information content (AvgIpc) is 3.52. The Balaban J connectivity index is 1.40. The Labute approximate surface area is 198 Å². The average molecular weight is 482 g/mol. The molecule has 33 heavy (non-hydrogen) atoms. The zero-order valence-corrected chi connectivity index (χ0v) is 19.3. The maximum atomic E-state index is 11.3. The third-order valence-corrected chi connectivity index (χ3v) is 7.31. The lowest BCUT2D eigenvalue weighted by atomic mass is 10.0. The third kappa shape index (κ3) is 3.66. The molecule has 0 saturated heterocycles. The van der Waals surface area contributed by atoms with Crippen LogP contribution in [0.25, 0.3) is 21.5 Å². The van der Waals surface area contributed by atoms with Gasteiger partial charge >= 0.3 is 0 Å². The number of halogens is 1. The van der Waals surface area contributed by atoms with Crippen LogP contribution in [0.1, 0.15) is 40.5 Å². The van der Waals surface area contributed by atoms with Crippen LogP contribution >= 0.6 is 22.9 Å². The summed E-state index contributed by atoms with van der Waals surface area (Å²) in [6.45, 7) is 3.59. The third-order valence-electron chi connectivity index (χ3n) is 5.96. The van der Waals surface area contributed by atoms with E-state index in [9.17, 15) is 4.79 Å². The summed E-state index contributed by atoms with van der Waals surface area (Å²) in [7, 11) is 0. The van der Waals surface area contributed by atoms with E-state index in [0.29, 0.717) is 18.0 Å². The molecule has 1 atom stereocenters. The molecule has 168 valence electrons. The van der Waals surface area contributed by atoms with Crippen molar-refractivity contribution >= 4 is 39.1 Å². The van der Waals surface area contributed by atoms with Gasteiger partial charge in [-0.2, -0.15) is 0 Å². The molecule has 0 aliphatic carbocycles. The first kappa shape index (κ1) is 20.6. The molecule has 0 radical (unpaired) electrons. The number of fused-ring (bicyclic) bond motifs is 3. The second kappa shape index (κ2) is 8.09. The summed E-state index contributed by atoms with van der Waals surface area (Å²) in [5.41, 5.74) is 5.52. The first-order valence-electron chi connectivity index (χ1n) is 10.7. The smallest absolute Gasteiger partial charge is 0.217 e. The quantitative estimate of drug-likeness (QED) is 0.455. The number of thiophene rings is 1. The van der Waals surface area contributed by atoms with Crippen molar-refractivity contribution in [3.05, 3.63) is 57.0 Å². The molecule has 4 aromatic rings. The summed E-state index contributed by atoms with van der Waals surface area (Å²) in [6, 6.07) is 5.80. The molecular weight excluding hydrogens is 462 g/mol. The largest absolute Gasteiger partial charge is 0.481 e. The zero-order chi connectivity index (χ0) is 22.5. The fourth-order valence-corrected chi connectivity index (χ4v) is 5.75. The Kier molecular flexibility index (Phi) is 5.05. The van der Waals surface area contributed by atoms with Crippen molar-refractivity contribution in [2.45, 2.75) is 39.0 Å². The highest BCUT2D eigenvalue weighted by Crippen LogP contribution is 2.47. The first-order chi connectivity index (χ1) is 16.1. The van der Waals surface area contributed by atoms with Crippen LogP contribution in [0.15, 0.2) is 29.0 Å². The first-order valence-corrected chi connectivity index (χ1v) is 11.9. The van der Waals surface area contributed by atoms with Crippen molar-refractivity contribution in [2.75, 3.05) is 6.54 Å². The molecule has 1 aromatic carbocycles. The van der Waals surface area contributed by atoms with E-state index in [4.69, 9.17) is 20.9 Å². The minimum atomic E-state index is -0.260. The van der Waals surface area contributed by atoms with Gasteiger partial charge in [-0.05, 0) is 18.2 Å². The maximum absolute atomic E-state index is 11.3. The van der Waals surface area contributed by atoms with Crippen molar-refractivity contribution in [3.8, 4) is 17.0 Å². The fourth-order valence-electron chi connectivity index (χ4n) is 4.46. The number of aromatic nitrogens is 3. The van der Waals surface area contributed by atoms with Gasteiger partial charge in [0.1, 0.15) is 12.1 Å². The number of carbonyl (C=O) groups is 1. The van der Waals surface area contributed by atoms with E-state index >= 15 is 0 Å². The molecule has 0 unspecified atom stereocenters. The fraction of sp³-hybridized carbons (Fsp3) is 0.304. The number of hydrogen-bond acceptors (Lipinski definition) is 8. The van der Waals surface area contributed by atoms with Gasteiger partial charge in [0, 0.05) is 59.4 Å². The lowest BCUT2D eigenvalue weighted by molar-refractivity contribution is -0.119. The molecule has 8 nitrogen and oxygen atoms in total. The lowest BCUT2D eigenvalue weighted by Crippen LogP contribution is -2.24. The van der Waals surface area contributed by atoms with Crippen LogP contribution in [0, 0.1) is 0 Å². The molecular formula is C23H20ClN5O3S. The molecule has 5 heterocycles. The highest BCUT2D eigenvalue weighted by atomic mass is 35.5. The predicted octanol–water partition coefficient (Wildman–Crippen LogP) is 3.96. The van der Waals surface area contributed by atoms with E-state index in [2.05, 4.69) is 25.8 Å². The van der Waals surface area contributed by atoms with Crippen molar-refractivity contribution in [1.29, 1.82) is 0 Å². The van der Waals surface area contributed by atoms with Gasteiger partial charge in [-0.15, -0.1) is 11.3 Å². The van der Waals surface area contributed by atoms with E-state index in [0.717, 1.165) is 74.2 Å². The van der Waals surface area contributed by atoms with Crippen LogP contribution in [0.2, 0.25) is 5.02 Å². The second-order valence-corrected chi connectivity index (χ2v) is 9.78. The zero-order valence-electron chi connectivity index (χ0n) is 17.8. The molecule has 2 N–H and O–H groups in total. The number of ether oxygens (including phenoxy) is 1. The van der Waals surface area contributed by atoms with E-state index in [1.54, 1.807) is 17.7 Å². The van der Waals surface area contributed by atoms with Crippen LogP contribution in [0.5, 0.6) is 5.75 Å². The van der Waals surface area contributed by atoms with Gasteiger partial charge in [0.25, 0.3) is 0 Å². The van der Waals surface area contributed by atoms with Gasteiger partial charge in [0.15, 0.2) is 11.9 Å². The molecule has 0 spiro atoms. The number of nitrogens with zero attached hydrogens (tertiary/aromatic N) is 3.